The van der Waals surface area contributed by atoms with E-state index in [0.29, 0.717) is 24.3 Å². The van der Waals surface area contributed by atoms with E-state index in [1.807, 2.05) is 0 Å². The fraction of sp³-hybridized carbons (Fsp3) is 0.353. The summed E-state index contributed by atoms with van der Waals surface area (Å²) in [4.78, 5) is 22.4. The summed E-state index contributed by atoms with van der Waals surface area (Å²) in [7, 11) is 0. The Hall–Kier alpha value is -2.70. The minimum Gasteiger partial charge on any atom is -0.481 e. The molecular formula is C17H20FN3O3. The van der Waals surface area contributed by atoms with Crippen molar-refractivity contribution in [1.82, 2.24) is 15.1 Å². The van der Waals surface area contributed by atoms with Gasteiger partial charge in [-0.1, -0.05) is 12.8 Å². The molecule has 0 aliphatic rings. The first-order valence-corrected chi connectivity index (χ1v) is 7.88. The summed E-state index contributed by atoms with van der Waals surface area (Å²) in [6.07, 6.45) is 5.00. The number of carboxylic acid groups (broad SMARTS) is 1. The Balaban J connectivity index is 1.73. The van der Waals surface area contributed by atoms with Gasteiger partial charge in [0.15, 0.2) is 5.69 Å². The zero-order valence-electron chi connectivity index (χ0n) is 13.2. The molecule has 1 amide bonds. The summed E-state index contributed by atoms with van der Waals surface area (Å²) in [5.74, 6) is -1.37. The lowest BCUT2D eigenvalue weighted by atomic mass is 10.1. The number of amides is 1. The summed E-state index contributed by atoms with van der Waals surface area (Å²) in [5, 5.41) is 15.5. The lowest BCUT2D eigenvalue weighted by Crippen LogP contribution is -2.25. The minimum atomic E-state index is -0.778. The molecule has 0 fully saturated rings. The highest BCUT2D eigenvalue weighted by Gasteiger charge is 2.09. The van der Waals surface area contributed by atoms with E-state index in [1.165, 1.54) is 16.8 Å². The molecule has 1 aromatic heterocycles. The molecule has 0 bridgehead atoms. The average molecular weight is 333 g/mol. The third-order valence-corrected chi connectivity index (χ3v) is 3.52. The molecule has 24 heavy (non-hydrogen) atoms. The number of nitrogens with zero attached hydrogens (tertiary/aromatic N) is 2. The fourth-order valence-corrected chi connectivity index (χ4v) is 2.23. The Morgan fingerprint density at radius 1 is 1.08 bits per heavy atom. The number of hydrogen-bond acceptors (Lipinski definition) is 3. The van der Waals surface area contributed by atoms with Crippen LogP contribution in [0.4, 0.5) is 4.39 Å². The second-order valence-electron chi connectivity index (χ2n) is 5.44. The number of carbonyl (C=O) groups excluding carboxylic acids is 1. The van der Waals surface area contributed by atoms with Crippen LogP contribution in [0.25, 0.3) is 5.69 Å². The SMILES string of the molecule is O=C(O)CCCCCCNC(=O)c1ccn(-c2ccc(F)cc2)n1. The number of carbonyl (C=O) groups is 2. The first-order chi connectivity index (χ1) is 11.6. The molecule has 7 heteroatoms. The molecule has 2 rings (SSSR count). The third kappa shape index (κ3) is 5.49. The van der Waals surface area contributed by atoms with Gasteiger partial charge < -0.3 is 10.4 Å². The van der Waals surface area contributed by atoms with Crippen LogP contribution in [0.2, 0.25) is 0 Å². The van der Waals surface area contributed by atoms with Crippen LogP contribution in [-0.2, 0) is 4.79 Å². The molecule has 0 saturated carbocycles. The van der Waals surface area contributed by atoms with Crippen LogP contribution >= 0.6 is 0 Å². The van der Waals surface area contributed by atoms with E-state index in [0.717, 1.165) is 19.3 Å². The monoisotopic (exact) mass is 333 g/mol. The van der Waals surface area contributed by atoms with Crippen molar-refractivity contribution in [2.75, 3.05) is 6.54 Å². The molecule has 6 nitrogen and oxygen atoms in total. The molecule has 0 unspecified atom stereocenters. The van der Waals surface area contributed by atoms with Gasteiger partial charge in [-0.15, -0.1) is 0 Å². The number of nitrogens with one attached hydrogen (secondary N) is 1. The zero-order valence-corrected chi connectivity index (χ0v) is 13.2. The quantitative estimate of drug-likeness (QED) is 0.691. The number of benzene rings is 1. The van der Waals surface area contributed by atoms with Crippen molar-refractivity contribution < 1.29 is 19.1 Å². The molecule has 0 radical (unpaired) electrons. The van der Waals surface area contributed by atoms with E-state index < -0.39 is 5.97 Å². The topological polar surface area (TPSA) is 84.2 Å². The van der Waals surface area contributed by atoms with Crippen molar-refractivity contribution in [3.63, 3.8) is 0 Å². The van der Waals surface area contributed by atoms with Crippen LogP contribution in [-0.4, -0.2) is 33.3 Å². The van der Waals surface area contributed by atoms with Gasteiger partial charge >= 0.3 is 5.97 Å². The first-order valence-electron chi connectivity index (χ1n) is 7.88. The molecular weight excluding hydrogens is 313 g/mol. The number of hydrogen-bond donors (Lipinski definition) is 2. The lowest BCUT2D eigenvalue weighted by molar-refractivity contribution is -0.137. The highest BCUT2D eigenvalue weighted by atomic mass is 19.1. The summed E-state index contributed by atoms with van der Waals surface area (Å²) in [5.41, 5.74) is 0.971. The number of aromatic nitrogens is 2. The lowest BCUT2D eigenvalue weighted by Gasteiger charge is -2.03. The van der Waals surface area contributed by atoms with Gasteiger partial charge in [-0.05, 0) is 43.2 Å². The van der Waals surface area contributed by atoms with E-state index in [-0.39, 0.29) is 18.1 Å². The van der Waals surface area contributed by atoms with Gasteiger partial charge in [-0.2, -0.15) is 5.10 Å². The van der Waals surface area contributed by atoms with Gasteiger partial charge in [-0.25, -0.2) is 9.07 Å². The molecule has 0 saturated heterocycles. The Bertz CT molecular complexity index is 683. The van der Waals surface area contributed by atoms with Crippen molar-refractivity contribution in [3.8, 4) is 5.69 Å². The predicted molar refractivity (Wildman–Crippen MR) is 86.6 cm³/mol. The highest BCUT2D eigenvalue weighted by Crippen LogP contribution is 2.09. The Labute approximate surface area is 139 Å². The van der Waals surface area contributed by atoms with Gasteiger partial charge in [0.25, 0.3) is 5.91 Å². The van der Waals surface area contributed by atoms with Crippen molar-refractivity contribution in [2.24, 2.45) is 0 Å². The maximum atomic E-state index is 12.9. The Morgan fingerprint density at radius 3 is 2.50 bits per heavy atom. The van der Waals surface area contributed by atoms with E-state index in [1.54, 1.807) is 24.4 Å². The molecule has 2 N–H and O–H groups in total. The summed E-state index contributed by atoms with van der Waals surface area (Å²) in [6, 6.07) is 7.44. The molecule has 128 valence electrons. The molecule has 2 aromatic rings. The fourth-order valence-electron chi connectivity index (χ4n) is 2.23. The zero-order chi connectivity index (χ0) is 17.4. The van der Waals surface area contributed by atoms with Gasteiger partial charge in [0.1, 0.15) is 5.82 Å². The maximum Gasteiger partial charge on any atom is 0.303 e. The van der Waals surface area contributed by atoms with E-state index in [2.05, 4.69) is 10.4 Å². The van der Waals surface area contributed by atoms with Crippen LogP contribution in [0.1, 0.15) is 42.6 Å². The maximum absolute atomic E-state index is 12.9. The molecule has 0 aliphatic carbocycles. The number of halogens is 1. The number of rotatable bonds is 9. The van der Waals surface area contributed by atoms with Gasteiger partial charge in [-0.3, -0.25) is 9.59 Å². The molecule has 1 heterocycles. The van der Waals surface area contributed by atoms with Gasteiger partial charge in [0, 0.05) is 19.2 Å². The number of aliphatic carboxylic acids is 1. The standard InChI is InChI=1S/C17H20FN3O3/c18-13-6-8-14(9-7-13)21-12-10-15(20-21)17(24)19-11-4-2-1-3-5-16(22)23/h6-10,12H,1-5,11H2,(H,19,24)(H,22,23). The van der Waals surface area contributed by atoms with Crippen molar-refractivity contribution in [2.45, 2.75) is 32.1 Å². The van der Waals surface area contributed by atoms with Crippen LogP contribution in [0.5, 0.6) is 0 Å². The molecule has 0 aliphatic heterocycles. The van der Waals surface area contributed by atoms with Gasteiger partial charge in [0.2, 0.25) is 0 Å². The van der Waals surface area contributed by atoms with E-state index in [9.17, 15) is 14.0 Å². The summed E-state index contributed by atoms with van der Waals surface area (Å²) in [6.45, 7) is 0.523. The van der Waals surface area contributed by atoms with Crippen molar-refractivity contribution in [3.05, 3.63) is 48.0 Å². The molecule has 0 atom stereocenters. The average Bonchev–Trinajstić information content (AvgIpc) is 3.04. The summed E-state index contributed by atoms with van der Waals surface area (Å²) < 4.78 is 14.4. The van der Waals surface area contributed by atoms with E-state index >= 15 is 0 Å². The predicted octanol–water partition coefficient (Wildman–Crippen LogP) is 2.78. The van der Waals surface area contributed by atoms with Crippen LogP contribution in [0.3, 0.4) is 0 Å². The minimum absolute atomic E-state index is 0.188. The van der Waals surface area contributed by atoms with Crippen LogP contribution < -0.4 is 5.32 Å². The smallest absolute Gasteiger partial charge is 0.303 e. The third-order valence-electron chi connectivity index (χ3n) is 3.52. The highest BCUT2D eigenvalue weighted by molar-refractivity contribution is 5.92. The number of carboxylic acids is 1. The van der Waals surface area contributed by atoms with Crippen molar-refractivity contribution in [1.29, 1.82) is 0 Å². The van der Waals surface area contributed by atoms with Crippen LogP contribution in [0, 0.1) is 5.82 Å². The molecule has 1 aromatic carbocycles. The normalized spacial score (nSPS) is 10.5. The van der Waals surface area contributed by atoms with E-state index in [4.69, 9.17) is 5.11 Å². The first kappa shape index (κ1) is 17.7. The Kier molecular flexibility index (Phi) is 6.48. The summed E-state index contributed by atoms with van der Waals surface area (Å²) >= 11 is 0. The van der Waals surface area contributed by atoms with Crippen LogP contribution in [0.15, 0.2) is 36.5 Å². The number of unbranched alkanes of at least 4 members (excludes halogenated alkanes) is 3. The second-order valence-corrected chi connectivity index (χ2v) is 5.44. The van der Waals surface area contributed by atoms with Gasteiger partial charge in [0.05, 0.1) is 5.69 Å². The largest absolute Gasteiger partial charge is 0.481 e. The Morgan fingerprint density at radius 2 is 1.79 bits per heavy atom. The molecule has 0 spiro atoms. The second kappa shape index (κ2) is 8.81. The van der Waals surface area contributed by atoms with Crippen molar-refractivity contribution >= 4 is 11.9 Å².